The molecule has 1 aliphatic rings. The minimum absolute atomic E-state index is 0.0298. The summed E-state index contributed by atoms with van der Waals surface area (Å²) < 4.78 is 16.2. The summed E-state index contributed by atoms with van der Waals surface area (Å²) >= 11 is 14.5. The lowest BCUT2D eigenvalue weighted by molar-refractivity contribution is -0.171. The van der Waals surface area contributed by atoms with Crippen molar-refractivity contribution in [1.29, 1.82) is 0 Å². The molecule has 38 heavy (non-hydrogen) atoms. The fraction of sp³-hybridized carbons (Fsp3) is 0.640. The van der Waals surface area contributed by atoms with E-state index < -0.39 is 51.6 Å². The molecule has 1 N–H and O–H groups in total. The van der Waals surface area contributed by atoms with Gasteiger partial charge in [-0.3, -0.25) is 4.79 Å². The predicted octanol–water partition coefficient (Wildman–Crippen LogP) is 5.67. The number of halogens is 2. The quantitative estimate of drug-likeness (QED) is 0.260. The summed E-state index contributed by atoms with van der Waals surface area (Å²) in [5.41, 5.74) is -2.37. The fourth-order valence-electron chi connectivity index (χ4n) is 3.79. The second kappa shape index (κ2) is 11.8. The van der Waals surface area contributed by atoms with Crippen molar-refractivity contribution in [3.05, 3.63) is 32.2 Å². The second-order valence-corrected chi connectivity index (χ2v) is 14.4. The van der Waals surface area contributed by atoms with E-state index in [2.05, 4.69) is 9.97 Å². The van der Waals surface area contributed by atoms with E-state index in [9.17, 15) is 19.5 Å². The molecule has 3 heterocycles. The Balaban J connectivity index is 1.99. The van der Waals surface area contributed by atoms with Crippen LogP contribution in [0.5, 0.6) is 0 Å². The Morgan fingerprint density at radius 1 is 1.05 bits per heavy atom. The van der Waals surface area contributed by atoms with Crippen molar-refractivity contribution in [2.24, 2.45) is 5.92 Å². The molecule has 3 rings (SSSR count). The van der Waals surface area contributed by atoms with Crippen LogP contribution in [0.1, 0.15) is 97.9 Å². The number of carbonyl (C=O) groups is 3. The maximum atomic E-state index is 13.3. The first kappa shape index (κ1) is 30.7. The van der Waals surface area contributed by atoms with Crippen LogP contribution in [0, 0.1) is 5.92 Å². The van der Waals surface area contributed by atoms with Crippen LogP contribution < -0.4 is 0 Å². The Morgan fingerprint density at radius 2 is 1.68 bits per heavy atom. The number of alkyl halides is 2. The standard InChI is InChI=1S/C25H32Cl2N2O7S2/c1-13-16(8-7-9-25(6,26)27)34-21(31)14-11-37-17(28-14)10-23(2,3)36-22(32)15-12-38-19(29-15)18(24(4,5)33)35-20(13)30/h11-13,16,18,33H,7-10H2,1-6H3/t13-,16-,18+/m1/s1. The fourth-order valence-corrected chi connectivity index (χ4v) is 6.02. The molecule has 2 aromatic heterocycles. The van der Waals surface area contributed by atoms with E-state index in [1.807, 2.05) is 0 Å². The molecule has 0 saturated carbocycles. The van der Waals surface area contributed by atoms with Gasteiger partial charge >= 0.3 is 17.9 Å². The van der Waals surface area contributed by atoms with Crippen LogP contribution in [0.15, 0.2) is 10.8 Å². The number of rotatable bonds is 5. The summed E-state index contributed by atoms with van der Waals surface area (Å²) in [5.74, 6) is -2.98. The van der Waals surface area contributed by atoms with Crippen LogP contribution in [-0.4, -0.2) is 54.6 Å². The van der Waals surface area contributed by atoms with E-state index >= 15 is 0 Å². The lowest BCUT2D eigenvalue weighted by Gasteiger charge is -2.30. The van der Waals surface area contributed by atoms with Crippen LogP contribution in [0.4, 0.5) is 0 Å². The van der Waals surface area contributed by atoms with Gasteiger partial charge in [-0.25, -0.2) is 19.6 Å². The largest absolute Gasteiger partial charge is 0.457 e. The summed E-state index contributed by atoms with van der Waals surface area (Å²) in [6.45, 7) is 9.64. The molecule has 13 heteroatoms. The van der Waals surface area contributed by atoms with Gasteiger partial charge in [0.1, 0.15) is 26.6 Å². The van der Waals surface area contributed by atoms with Gasteiger partial charge in [-0.1, -0.05) is 0 Å². The molecule has 4 bridgehead atoms. The monoisotopic (exact) mass is 606 g/mol. The van der Waals surface area contributed by atoms with Crippen LogP contribution >= 0.6 is 45.9 Å². The molecular weight excluding hydrogens is 575 g/mol. The smallest absolute Gasteiger partial charge is 0.358 e. The molecule has 0 spiro atoms. The molecule has 1 aliphatic heterocycles. The zero-order valence-corrected chi connectivity index (χ0v) is 25.2. The maximum absolute atomic E-state index is 13.3. The van der Waals surface area contributed by atoms with Crippen molar-refractivity contribution in [3.63, 3.8) is 0 Å². The lowest BCUT2D eigenvalue weighted by atomic mass is 9.97. The van der Waals surface area contributed by atoms with E-state index in [0.717, 1.165) is 11.3 Å². The molecule has 0 unspecified atom stereocenters. The molecule has 0 saturated heterocycles. The number of aliphatic hydroxyl groups is 1. The third kappa shape index (κ3) is 8.35. The second-order valence-electron chi connectivity index (χ2n) is 10.7. The Morgan fingerprint density at radius 3 is 2.32 bits per heavy atom. The number of thiazole rings is 2. The highest BCUT2D eigenvalue weighted by atomic mass is 35.5. The van der Waals surface area contributed by atoms with Gasteiger partial charge in [0.25, 0.3) is 0 Å². The summed E-state index contributed by atoms with van der Waals surface area (Å²) in [5, 5.41) is 14.7. The van der Waals surface area contributed by atoms with Crippen molar-refractivity contribution >= 4 is 63.8 Å². The number of aromatic nitrogens is 2. The van der Waals surface area contributed by atoms with Crippen molar-refractivity contribution in [1.82, 2.24) is 9.97 Å². The number of hydrogen-bond donors (Lipinski definition) is 1. The van der Waals surface area contributed by atoms with E-state index in [1.165, 1.54) is 30.6 Å². The van der Waals surface area contributed by atoms with Crippen LogP contribution in [0.3, 0.4) is 0 Å². The third-order valence-corrected chi connectivity index (χ3v) is 7.94. The van der Waals surface area contributed by atoms with E-state index in [4.69, 9.17) is 37.4 Å². The Hall–Kier alpha value is -1.79. The van der Waals surface area contributed by atoms with Gasteiger partial charge in [-0.15, -0.1) is 45.9 Å². The normalized spacial score (nSPS) is 23.3. The summed E-state index contributed by atoms with van der Waals surface area (Å²) in [6.07, 6.45) is -0.631. The first-order chi connectivity index (χ1) is 17.4. The van der Waals surface area contributed by atoms with Crippen LogP contribution in [0.25, 0.3) is 0 Å². The van der Waals surface area contributed by atoms with Crippen LogP contribution in [0.2, 0.25) is 0 Å². The zero-order valence-electron chi connectivity index (χ0n) is 22.1. The van der Waals surface area contributed by atoms with Gasteiger partial charge in [-0.2, -0.15) is 0 Å². The Labute approximate surface area is 239 Å². The van der Waals surface area contributed by atoms with Crippen molar-refractivity contribution in [2.45, 2.75) is 95.0 Å². The first-order valence-electron chi connectivity index (χ1n) is 12.1. The van der Waals surface area contributed by atoms with Crippen molar-refractivity contribution in [2.75, 3.05) is 0 Å². The molecule has 2 aromatic rings. The van der Waals surface area contributed by atoms with E-state index in [1.54, 1.807) is 33.1 Å². The molecule has 9 nitrogen and oxygen atoms in total. The minimum atomic E-state index is -1.53. The Kier molecular flexibility index (Phi) is 9.51. The van der Waals surface area contributed by atoms with E-state index in [0.29, 0.717) is 17.8 Å². The Bertz CT molecular complexity index is 1170. The molecule has 0 aliphatic carbocycles. The summed E-state index contributed by atoms with van der Waals surface area (Å²) in [7, 11) is 0. The number of carbonyl (C=O) groups excluding carboxylic acids is 3. The highest BCUT2D eigenvalue weighted by Gasteiger charge is 2.39. The number of ether oxygens (including phenoxy) is 3. The zero-order chi connectivity index (χ0) is 28.5. The number of cyclic esters (lactones) is 3. The van der Waals surface area contributed by atoms with Crippen molar-refractivity contribution in [3.8, 4) is 0 Å². The SMILES string of the molecule is C[C@H]1C(=O)O[C@H](C(C)(C)O)c2nc(cs2)C(=O)OC(C)(C)Cc2nc(cs2)C(=O)O[C@@H]1CCCC(C)(Cl)Cl. The molecule has 0 radical (unpaired) electrons. The van der Waals surface area contributed by atoms with Gasteiger partial charge in [-0.05, 0) is 60.8 Å². The predicted molar refractivity (Wildman–Crippen MR) is 145 cm³/mol. The maximum Gasteiger partial charge on any atom is 0.358 e. The van der Waals surface area contributed by atoms with Crippen molar-refractivity contribution < 1.29 is 33.7 Å². The number of fused-ring (bicyclic) bond motifs is 4. The average Bonchev–Trinajstić information content (AvgIpc) is 3.43. The number of nitrogens with zero attached hydrogens (tertiary/aromatic N) is 2. The van der Waals surface area contributed by atoms with Gasteiger partial charge in [0.2, 0.25) is 0 Å². The highest BCUT2D eigenvalue weighted by molar-refractivity contribution is 7.10. The highest BCUT2D eigenvalue weighted by Crippen LogP contribution is 2.35. The number of hydrogen-bond acceptors (Lipinski definition) is 11. The summed E-state index contributed by atoms with van der Waals surface area (Å²) in [6, 6.07) is 0. The van der Waals surface area contributed by atoms with Gasteiger partial charge < -0.3 is 19.3 Å². The molecule has 3 atom stereocenters. The molecule has 0 aromatic carbocycles. The molecular formula is C25H32Cl2N2O7S2. The first-order valence-corrected chi connectivity index (χ1v) is 14.6. The van der Waals surface area contributed by atoms with Gasteiger partial charge in [0.05, 0.1) is 10.9 Å². The number of esters is 3. The van der Waals surface area contributed by atoms with Crippen LogP contribution in [-0.2, 0) is 25.4 Å². The van der Waals surface area contributed by atoms with Gasteiger partial charge in [0, 0.05) is 17.2 Å². The van der Waals surface area contributed by atoms with E-state index in [-0.39, 0.29) is 29.2 Å². The molecule has 210 valence electrons. The lowest BCUT2D eigenvalue weighted by Crippen LogP contribution is -2.37. The molecule has 0 fully saturated rings. The topological polar surface area (TPSA) is 125 Å². The molecule has 0 amide bonds. The summed E-state index contributed by atoms with van der Waals surface area (Å²) in [4.78, 5) is 47.8. The third-order valence-electron chi connectivity index (χ3n) is 5.83. The average molecular weight is 608 g/mol. The van der Waals surface area contributed by atoms with Gasteiger partial charge in [0.15, 0.2) is 17.5 Å². The minimum Gasteiger partial charge on any atom is -0.457 e.